The number of phenols is 1. The molecule has 4 rings (SSSR count). The van der Waals surface area contributed by atoms with Crippen molar-refractivity contribution in [1.82, 2.24) is 9.99 Å². The number of aryl methyl sites for hydroxylation is 1. The maximum absolute atomic E-state index is 12.5. The molecule has 0 aliphatic rings. The van der Waals surface area contributed by atoms with E-state index in [4.69, 9.17) is 11.6 Å². The second-order valence-electron chi connectivity index (χ2n) is 7.43. The lowest BCUT2D eigenvalue weighted by molar-refractivity contribution is -0.385. The van der Waals surface area contributed by atoms with E-state index in [1.807, 2.05) is 55.5 Å². The maximum Gasteiger partial charge on any atom is 0.312 e. The van der Waals surface area contributed by atoms with Crippen molar-refractivity contribution < 1.29 is 14.8 Å². The molecule has 0 saturated heterocycles. The third-order valence-electron chi connectivity index (χ3n) is 5.18. The molecule has 8 nitrogen and oxygen atoms in total. The van der Waals surface area contributed by atoms with Crippen LogP contribution in [0.25, 0.3) is 16.9 Å². The molecule has 2 N–H and O–H groups in total. The van der Waals surface area contributed by atoms with Gasteiger partial charge in [0, 0.05) is 33.6 Å². The van der Waals surface area contributed by atoms with Crippen LogP contribution in [0.1, 0.15) is 21.6 Å². The van der Waals surface area contributed by atoms with Crippen LogP contribution in [0.4, 0.5) is 5.69 Å². The molecule has 0 bridgehead atoms. The molecule has 0 unspecified atom stereocenters. The van der Waals surface area contributed by atoms with Gasteiger partial charge in [-0.1, -0.05) is 41.9 Å². The number of benzene rings is 3. The second kappa shape index (κ2) is 9.60. The first-order chi connectivity index (χ1) is 16.3. The Morgan fingerprint density at radius 1 is 1.09 bits per heavy atom. The minimum absolute atomic E-state index is 0.00590. The van der Waals surface area contributed by atoms with E-state index in [1.165, 1.54) is 6.07 Å². The van der Waals surface area contributed by atoms with Gasteiger partial charge < -0.3 is 9.67 Å². The highest BCUT2D eigenvalue weighted by molar-refractivity contribution is 6.31. The molecule has 3 aromatic carbocycles. The number of aromatic hydroxyl groups is 1. The zero-order valence-corrected chi connectivity index (χ0v) is 18.7. The molecule has 1 heterocycles. The number of phenolic OH excluding ortho intramolecular Hbond substituents is 1. The SMILES string of the molecule is Cc1ccc(-c2ccccc2)n1-c1ccc(C(=O)N/N=C/c2cc(Cl)cc([N+](=O)[O-])c2O)cc1. The number of hydrazone groups is 1. The molecule has 0 aliphatic carbocycles. The fourth-order valence-electron chi connectivity index (χ4n) is 3.55. The van der Waals surface area contributed by atoms with Crippen molar-refractivity contribution in [1.29, 1.82) is 0 Å². The van der Waals surface area contributed by atoms with Crippen LogP contribution in [0, 0.1) is 17.0 Å². The first-order valence-corrected chi connectivity index (χ1v) is 10.6. The first-order valence-electron chi connectivity index (χ1n) is 10.2. The van der Waals surface area contributed by atoms with Crippen LogP contribution in [0.2, 0.25) is 5.02 Å². The van der Waals surface area contributed by atoms with Gasteiger partial charge in [0.25, 0.3) is 5.91 Å². The fraction of sp³-hybridized carbons (Fsp3) is 0.0400. The lowest BCUT2D eigenvalue weighted by atomic mass is 10.1. The molecule has 0 atom stereocenters. The van der Waals surface area contributed by atoms with Crippen molar-refractivity contribution in [3.8, 4) is 22.7 Å². The van der Waals surface area contributed by atoms with E-state index < -0.39 is 22.3 Å². The van der Waals surface area contributed by atoms with Gasteiger partial charge in [0.2, 0.25) is 5.75 Å². The van der Waals surface area contributed by atoms with Gasteiger partial charge in [-0.2, -0.15) is 5.10 Å². The number of amides is 1. The van der Waals surface area contributed by atoms with Gasteiger partial charge in [-0.15, -0.1) is 0 Å². The van der Waals surface area contributed by atoms with Crippen molar-refractivity contribution in [2.45, 2.75) is 6.92 Å². The number of nitro benzene ring substituents is 1. The molecule has 0 aliphatic heterocycles. The van der Waals surface area contributed by atoms with Gasteiger partial charge in [0.1, 0.15) is 0 Å². The molecule has 1 amide bonds. The highest BCUT2D eigenvalue weighted by Gasteiger charge is 2.18. The van der Waals surface area contributed by atoms with Crippen LogP contribution in [-0.2, 0) is 0 Å². The number of nitrogens with zero attached hydrogens (tertiary/aromatic N) is 3. The van der Waals surface area contributed by atoms with Crippen LogP contribution in [0.3, 0.4) is 0 Å². The molecule has 0 fully saturated rings. The number of nitrogens with one attached hydrogen (secondary N) is 1. The minimum atomic E-state index is -0.756. The number of halogens is 1. The Bertz CT molecular complexity index is 1400. The number of rotatable bonds is 6. The molecule has 0 saturated carbocycles. The molecular weight excluding hydrogens is 456 g/mol. The standard InChI is InChI=1S/C25H19ClN4O4/c1-16-7-12-22(17-5-3-2-4-6-17)29(16)21-10-8-18(9-11-21)25(32)28-27-15-19-13-20(26)14-23(24(19)31)30(33)34/h2-15,31H,1H3,(H,28,32)/b27-15+. The summed E-state index contributed by atoms with van der Waals surface area (Å²) in [5.41, 5.74) is 6.24. The Balaban J connectivity index is 1.52. The second-order valence-corrected chi connectivity index (χ2v) is 7.86. The summed E-state index contributed by atoms with van der Waals surface area (Å²) >= 11 is 5.86. The lowest BCUT2D eigenvalue weighted by Gasteiger charge is -2.12. The van der Waals surface area contributed by atoms with Gasteiger partial charge in [0.15, 0.2) is 0 Å². The zero-order valence-electron chi connectivity index (χ0n) is 18.0. The van der Waals surface area contributed by atoms with Crippen LogP contribution < -0.4 is 5.43 Å². The summed E-state index contributed by atoms with van der Waals surface area (Å²) in [7, 11) is 0. The van der Waals surface area contributed by atoms with Gasteiger partial charge in [0.05, 0.1) is 16.8 Å². The maximum atomic E-state index is 12.5. The molecular formula is C25H19ClN4O4. The van der Waals surface area contributed by atoms with Crippen LogP contribution >= 0.6 is 11.6 Å². The fourth-order valence-corrected chi connectivity index (χ4v) is 3.77. The Labute approximate surface area is 199 Å². The van der Waals surface area contributed by atoms with E-state index in [9.17, 15) is 20.0 Å². The van der Waals surface area contributed by atoms with E-state index in [0.29, 0.717) is 5.56 Å². The highest BCUT2D eigenvalue weighted by atomic mass is 35.5. The average Bonchev–Trinajstić information content (AvgIpc) is 3.22. The molecule has 4 aromatic rings. The predicted octanol–water partition coefficient (Wildman–Crippen LogP) is 5.48. The first kappa shape index (κ1) is 22.8. The van der Waals surface area contributed by atoms with Gasteiger partial charge >= 0.3 is 5.69 Å². The van der Waals surface area contributed by atoms with Crippen molar-refractivity contribution in [3.05, 3.63) is 111 Å². The molecule has 9 heteroatoms. The van der Waals surface area contributed by atoms with E-state index in [2.05, 4.69) is 21.2 Å². The molecule has 1 aromatic heterocycles. The largest absolute Gasteiger partial charge is 0.502 e. The average molecular weight is 475 g/mol. The third kappa shape index (κ3) is 4.67. The summed E-state index contributed by atoms with van der Waals surface area (Å²) in [5.74, 6) is -1.07. The number of carbonyl (C=O) groups excluding carboxylic acids is 1. The van der Waals surface area contributed by atoms with E-state index in [0.717, 1.165) is 34.9 Å². The van der Waals surface area contributed by atoms with Crippen molar-refractivity contribution in [2.24, 2.45) is 5.10 Å². The normalized spacial score (nSPS) is 11.0. The Morgan fingerprint density at radius 3 is 2.47 bits per heavy atom. The van der Waals surface area contributed by atoms with Gasteiger partial charge in [-0.25, -0.2) is 5.43 Å². The van der Waals surface area contributed by atoms with E-state index in [1.54, 1.807) is 12.1 Å². The Hall–Kier alpha value is -4.43. The number of hydrogen-bond donors (Lipinski definition) is 2. The van der Waals surface area contributed by atoms with Crippen LogP contribution in [-0.4, -0.2) is 26.7 Å². The quantitative estimate of drug-likeness (QED) is 0.219. The summed E-state index contributed by atoms with van der Waals surface area (Å²) in [6.45, 7) is 2.01. The number of carbonyl (C=O) groups is 1. The monoisotopic (exact) mass is 474 g/mol. The highest BCUT2D eigenvalue weighted by Crippen LogP contribution is 2.32. The van der Waals surface area contributed by atoms with E-state index in [-0.39, 0.29) is 10.6 Å². The molecule has 0 radical (unpaired) electrons. The number of aromatic nitrogens is 1. The Kier molecular flexibility index (Phi) is 6.42. The molecule has 34 heavy (non-hydrogen) atoms. The smallest absolute Gasteiger partial charge is 0.312 e. The van der Waals surface area contributed by atoms with Crippen LogP contribution in [0.15, 0.2) is 84.0 Å². The van der Waals surface area contributed by atoms with Crippen molar-refractivity contribution in [3.63, 3.8) is 0 Å². The van der Waals surface area contributed by atoms with Crippen molar-refractivity contribution in [2.75, 3.05) is 0 Å². The predicted molar refractivity (Wildman–Crippen MR) is 131 cm³/mol. The number of nitro groups is 1. The van der Waals surface area contributed by atoms with E-state index >= 15 is 0 Å². The summed E-state index contributed by atoms with van der Waals surface area (Å²) in [6, 6.07) is 23.5. The van der Waals surface area contributed by atoms with Gasteiger partial charge in [-0.05, 0) is 55.0 Å². The summed E-state index contributed by atoms with van der Waals surface area (Å²) in [5, 5.41) is 24.9. The van der Waals surface area contributed by atoms with Crippen molar-refractivity contribution >= 4 is 29.4 Å². The Morgan fingerprint density at radius 2 is 1.79 bits per heavy atom. The zero-order chi connectivity index (χ0) is 24.2. The topological polar surface area (TPSA) is 110 Å². The third-order valence-corrected chi connectivity index (χ3v) is 5.40. The lowest BCUT2D eigenvalue weighted by Crippen LogP contribution is -2.17. The van der Waals surface area contributed by atoms with Crippen LogP contribution in [0.5, 0.6) is 5.75 Å². The minimum Gasteiger partial charge on any atom is -0.502 e. The molecule has 170 valence electrons. The summed E-state index contributed by atoms with van der Waals surface area (Å²) < 4.78 is 2.10. The van der Waals surface area contributed by atoms with Gasteiger partial charge in [-0.3, -0.25) is 14.9 Å². The number of hydrogen-bond acceptors (Lipinski definition) is 5. The summed E-state index contributed by atoms with van der Waals surface area (Å²) in [4.78, 5) is 22.7. The summed E-state index contributed by atoms with van der Waals surface area (Å²) in [6.07, 6.45) is 1.09. The molecule has 0 spiro atoms.